The van der Waals surface area contributed by atoms with Gasteiger partial charge in [-0.15, -0.1) is 0 Å². The Morgan fingerprint density at radius 1 is 1.08 bits per heavy atom. The Morgan fingerprint density at radius 3 is 2.56 bits per heavy atom. The number of carbonyl (C=O) groups excluding carboxylic acids is 1. The zero-order chi connectivity index (χ0) is 17.8. The average molecular weight is 336 g/mol. The summed E-state index contributed by atoms with van der Waals surface area (Å²) in [5.74, 6) is 0.652. The van der Waals surface area contributed by atoms with E-state index in [0.717, 1.165) is 41.6 Å². The highest BCUT2D eigenvalue weighted by molar-refractivity contribution is 5.93. The Kier molecular flexibility index (Phi) is 5.17. The van der Waals surface area contributed by atoms with E-state index in [1.165, 1.54) is 11.1 Å². The van der Waals surface area contributed by atoms with Crippen molar-refractivity contribution in [2.45, 2.75) is 46.5 Å². The number of aromatic nitrogens is 1. The van der Waals surface area contributed by atoms with E-state index in [-0.39, 0.29) is 5.91 Å². The van der Waals surface area contributed by atoms with Crippen molar-refractivity contribution in [3.63, 3.8) is 0 Å². The van der Waals surface area contributed by atoms with E-state index in [4.69, 9.17) is 4.42 Å². The molecule has 0 saturated heterocycles. The van der Waals surface area contributed by atoms with Crippen molar-refractivity contribution in [3.05, 3.63) is 47.5 Å². The molecule has 0 radical (unpaired) electrons. The number of oxazole rings is 1. The molecule has 3 rings (SSSR count). The summed E-state index contributed by atoms with van der Waals surface area (Å²) >= 11 is 0. The van der Waals surface area contributed by atoms with Gasteiger partial charge in [0.25, 0.3) is 0 Å². The Bertz CT molecular complexity index is 876. The molecule has 0 aliphatic carbocycles. The number of nitrogens with one attached hydrogen (secondary N) is 1. The van der Waals surface area contributed by atoms with E-state index in [1.807, 2.05) is 18.2 Å². The number of amides is 1. The molecule has 130 valence electrons. The molecule has 0 bridgehead atoms. The van der Waals surface area contributed by atoms with Crippen molar-refractivity contribution in [3.8, 4) is 11.5 Å². The number of nitrogens with zero attached hydrogens (tertiary/aromatic N) is 1. The molecule has 1 N–H and O–H groups in total. The highest BCUT2D eigenvalue weighted by Gasteiger charge is 2.10. The second kappa shape index (κ2) is 7.51. The minimum absolute atomic E-state index is 0.0471. The average Bonchev–Trinajstić information content (AvgIpc) is 2.97. The van der Waals surface area contributed by atoms with Crippen molar-refractivity contribution in [2.24, 2.45) is 0 Å². The van der Waals surface area contributed by atoms with Gasteiger partial charge in [0.15, 0.2) is 5.58 Å². The first kappa shape index (κ1) is 17.2. The number of hydrogen-bond acceptors (Lipinski definition) is 3. The summed E-state index contributed by atoms with van der Waals surface area (Å²) in [4.78, 5) is 16.6. The molecule has 1 aromatic heterocycles. The van der Waals surface area contributed by atoms with Crippen molar-refractivity contribution >= 4 is 22.7 Å². The molecular formula is C21H24N2O2. The van der Waals surface area contributed by atoms with Crippen LogP contribution in [0.3, 0.4) is 0 Å². The molecule has 0 aliphatic heterocycles. The van der Waals surface area contributed by atoms with Crippen LogP contribution in [0.4, 0.5) is 5.69 Å². The van der Waals surface area contributed by atoms with Crippen molar-refractivity contribution < 1.29 is 9.21 Å². The number of anilines is 1. The zero-order valence-electron chi connectivity index (χ0n) is 15.1. The van der Waals surface area contributed by atoms with E-state index < -0.39 is 0 Å². The second-order valence-corrected chi connectivity index (χ2v) is 6.58. The molecule has 0 unspecified atom stereocenters. The third kappa shape index (κ3) is 4.27. The fourth-order valence-electron chi connectivity index (χ4n) is 2.99. The molecule has 1 heterocycles. The van der Waals surface area contributed by atoms with Crippen LogP contribution in [-0.2, 0) is 4.79 Å². The van der Waals surface area contributed by atoms with Crippen molar-refractivity contribution in [1.82, 2.24) is 4.98 Å². The summed E-state index contributed by atoms with van der Waals surface area (Å²) in [6.07, 6.45) is 3.66. The van der Waals surface area contributed by atoms with Gasteiger partial charge in [0.1, 0.15) is 5.52 Å². The Balaban J connectivity index is 1.80. The smallest absolute Gasteiger partial charge is 0.227 e. The van der Waals surface area contributed by atoms with E-state index in [0.29, 0.717) is 12.3 Å². The van der Waals surface area contributed by atoms with Crippen LogP contribution in [0.1, 0.15) is 43.7 Å². The van der Waals surface area contributed by atoms with E-state index in [1.54, 1.807) is 0 Å². The Labute approximate surface area is 148 Å². The number of aryl methyl sites for hydroxylation is 2. The van der Waals surface area contributed by atoms with Crippen molar-refractivity contribution in [1.29, 1.82) is 0 Å². The van der Waals surface area contributed by atoms with Gasteiger partial charge in [-0.1, -0.05) is 37.0 Å². The summed E-state index contributed by atoms with van der Waals surface area (Å²) in [6.45, 7) is 6.25. The Hall–Kier alpha value is -2.62. The maximum absolute atomic E-state index is 12.0. The summed E-state index contributed by atoms with van der Waals surface area (Å²) in [7, 11) is 0. The van der Waals surface area contributed by atoms with Gasteiger partial charge in [-0.2, -0.15) is 0 Å². The molecule has 0 atom stereocenters. The molecule has 3 aromatic rings. The van der Waals surface area contributed by atoms with Gasteiger partial charge in [-0.05, 0) is 50.6 Å². The predicted molar refractivity (Wildman–Crippen MR) is 102 cm³/mol. The largest absolute Gasteiger partial charge is 0.436 e. The van der Waals surface area contributed by atoms with Gasteiger partial charge >= 0.3 is 0 Å². The topological polar surface area (TPSA) is 55.1 Å². The molecule has 25 heavy (non-hydrogen) atoms. The van der Waals surface area contributed by atoms with E-state index in [9.17, 15) is 4.79 Å². The summed E-state index contributed by atoms with van der Waals surface area (Å²) in [6, 6.07) is 11.8. The van der Waals surface area contributed by atoms with Crippen LogP contribution in [-0.4, -0.2) is 10.9 Å². The van der Waals surface area contributed by atoms with Crippen LogP contribution < -0.4 is 5.32 Å². The lowest BCUT2D eigenvalue weighted by molar-refractivity contribution is -0.116. The standard InChI is InChI=1S/C21H24N2O2/c1-4-5-6-7-20(24)22-17-8-9-19-18(13-17)23-21(25-19)16-11-14(2)10-15(3)12-16/h8-13H,4-7H2,1-3H3,(H,22,24). The molecule has 4 nitrogen and oxygen atoms in total. The maximum Gasteiger partial charge on any atom is 0.227 e. The Morgan fingerprint density at radius 2 is 1.84 bits per heavy atom. The molecule has 0 aliphatic rings. The van der Waals surface area contributed by atoms with Crippen LogP contribution in [0.25, 0.3) is 22.6 Å². The summed E-state index contributed by atoms with van der Waals surface area (Å²) in [5, 5.41) is 2.94. The minimum Gasteiger partial charge on any atom is -0.436 e. The molecule has 2 aromatic carbocycles. The van der Waals surface area contributed by atoms with Gasteiger partial charge in [-0.3, -0.25) is 4.79 Å². The fourth-order valence-corrected chi connectivity index (χ4v) is 2.99. The number of hydrogen-bond donors (Lipinski definition) is 1. The minimum atomic E-state index is 0.0471. The lowest BCUT2D eigenvalue weighted by Crippen LogP contribution is -2.10. The molecule has 0 fully saturated rings. The third-order valence-electron chi connectivity index (χ3n) is 4.15. The number of unbranched alkanes of at least 4 members (excludes halogenated alkanes) is 2. The highest BCUT2D eigenvalue weighted by atomic mass is 16.3. The third-order valence-corrected chi connectivity index (χ3v) is 4.15. The quantitative estimate of drug-likeness (QED) is 0.593. The summed E-state index contributed by atoms with van der Waals surface area (Å²) in [5.41, 5.74) is 5.56. The van der Waals surface area contributed by atoms with Gasteiger partial charge < -0.3 is 9.73 Å². The SMILES string of the molecule is CCCCCC(=O)Nc1ccc2oc(-c3cc(C)cc(C)c3)nc2c1. The lowest BCUT2D eigenvalue weighted by atomic mass is 10.1. The molecule has 4 heteroatoms. The monoisotopic (exact) mass is 336 g/mol. The van der Waals surface area contributed by atoms with Crippen LogP contribution in [0, 0.1) is 13.8 Å². The fraction of sp³-hybridized carbons (Fsp3) is 0.333. The number of carbonyl (C=O) groups is 1. The lowest BCUT2D eigenvalue weighted by Gasteiger charge is -2.04. The van der Waals surface area contributed by atoms with Crippen molar-refractivity contribution in [2.75, 3.05) is 5.32 Å². The van der Waals surface area contributed by atoms with Gasteiger partial charge in [-0.25, -0.2) is 4.98 Å². The normalized spacial score (nSPS) is 11.0. The summed E-state index contributed by atoms with van der Waals surface area (Å²) < 4.78 is 5.88. The molecular weight excluding hydrogens is 312 g/mol. The number of fused-ring (bicyclic) bond motifs is 1. The number of rotatable bonds is 6. The van der Waals surface area contributed by atoms with Crippen LogP contribution in [0.2, 0.25) is 0 Å². The van der Waals surface area contributed by atoms with Crippen LogP contribution in [0.15, 0.2) is 40.8 Å². The molecule has 0 spiro atoms. The predicted octanol–water partition coefficient (Wildman–Crippen LogP) is 5.63. The van der Waals surface area contributed by atoms with Crippen LogP contribution >= 0.6 is 0 Å². The molecule has 1 amide bonds. The first-order valence-corrected chi connectivity index (χ1v) is 8.84. The highest BCUT2D eigenvalue weighted by Crippen LogP contribution is 2.27. The number of benzene rings is 2. The second-order valence-electron chi connectivity index (χ2n) is 6.58. The van der Waals surface area contributed by atoms with Crippen LogP contribution in [0.5, 0.6) is 0 Å². The first-order valence-electron chi connectivity index (χ1n) is 8.84. The first-order chi connectivity index (χ1) is 12.0. The van der Waals surface area contributed by atoms with Gasteiger partial charge in [0.2, 0.25) is 11.8 Å². The van der Waals surface area contributed by atoms with Gasteiger partial charge in [0.05, 0.1) is 0 Å². The molecule has 0 saturated carbocycles. The zero-order valence-corrected chi connectivity index (χ0v) is 15.1. The van der Waals surface area contributed by atoms with E-state index in [2.05, 4.69) is 49.3 Å². The maximum atomic E-state index is 12.0. The van der Waals surface area contributed by atoms with E-state index >= 15 is 0 Å². The van der Waals surface area contributed by atoms with Gasteiger partial charge in [0, 0.05) is 17.7 Å².